The van der Waals surface area contributed by atoms with Gasteiger partial charge in [0.1, 0.15) is 35.6 Å². The quantitative estimate of drug-likeness (QED) is 0.307. The number of H-pyrrole nitrogens is 1. The van der Waals surface area contributed by atoms with Gasteiger partial charge in [0.15, 0.2) is 5.82 Å². The van der Waals surface area contributed by atoms with Crippen LogP contribution >= 0.6 is 11.6 Å². The van der Waals surface area contributed by atoms with Crippen molar-refractivity contribution in [2.24, 2.45) is 0 Å². The van der Waals surface area contributed by atoms with E-state index < -0.39 is 17.5 Å². The van der Waals surface area contributed by atoms with Crippen molar-refractivity contribution in [3.63, 3.8) is 0 Å². The summed E-state index contributed by atoms with van der Waals surface area (Å²) >= 11 is 6.82. The molecule has 1 saturated carbocycles. The van der Waals surface area contributed by atoms with E-state index in [0.29, 0.717) is 66.6 Å². The number of nitrogens with one attached hydrogen (secondary N) is 1. The van der Waals surface area contributed by atoms with Gasteiger partial charge >= 0.3 is 6.01 Å². The summed E-state index contributed by atoms with van der Waals surface area (Å²) in [7, 11) is 0. The number of benzene rings is 1. The van der Waals surface area contributed by atoms with Gasteiger partial charge in [0.25, 0.3) is 0 Å². The Bertz CT molecular complexity index is 1880. The van der Waals surface area contributed by atoms with Gasteiger partial charge in [0.2, 0.25) is 5.88 Å². The van der Waals surface area contributed by atoms with Crippen LogP contribution in [0.2, 0.25) is 5.02 Å². The minimum Gasteiger partial charge on any atom is -0.475 e. The Morgan fingerprint density at radius 2 is 2.13 bits per heavy atom. The normalized spacial score (nSPS) is 26.6. The molecule has 13 heteroatoms. The monoisotopic (exact) mass is 633 g/mol. The van der Waals surface area contributed by atoms with Gasteiger partial charge in [-0.05, 0) is 49.7 Å². The molecule has 4 aromatic rings. The second-order valence-electron chi connectivity index (χ2n) is 13.2. The number of aromatic nitrogens is 5. The summed E-state index contributed by atoms with van der Waals surface area (Å²) in [6.45, 7) is 7.74. The number of aliphatic hydroxyl groups excluding tert-OH is 1. The number of anilines is 1. The fraction of sp³-hybridized carbons (Fsp3) is 0.500. The second kappa shape index (κ2) is 10.2. The van der Waals surface area contributed by atoms with Crippen LogP contribution in [0.4, 0.5) is 10.2 Å². The number of halogens is 2. The Balaban J connectivity index is 1.23. The van der Waals surface area contributed by atoms with Crippen molar-refractivity contribution in [1.82, 2.24) is 30.0 Å². The molecule has 1 aliphatic carbocycles. The Morgan fingerprint density at radius 1 is 1.24 bits per heavy atom. The van der Waals surface area contributed by atoms with E-state index in [0.717, 1.165) is 48.8 Å². The number of nitrogens with zero attached hydrogens (tertiary/aromatic N) is 6. The number of β-amino-alcohol motifs (C(OH)–C–C–N with tert-alkyl or cyclic N) is 1. The summed E-state index contributed by atoms with van der Waals surface area (Å²) in [5.41, 5.74) is 3.08. The molecule has 0 amide bonds. The standard InChI is InChI=1S/C32H33ClFN7O4/c1-16-8-32(9-19(42)12-40(32)11-16)15-45-31-37-28-25-29(38-31)41-5-2-6-43-13-18(41)14-44-30(25)36-27(26(28)34)24-20-10-35-39-22(20)7-21(33)23(24)17-3-4-17/h7,10,17-19,42H,1-6,8-9,11-15H2,(H,35,39)/t18-,19+,32+/m0/s1. The summed E-state index contributed by atoms with van der Waals surface area (Å²) in [4.78, 5) is 18.8. The highest BCUT2D eigenvalue weighted by atomic mass is 35.5. The van der Waals surface area contributed by atoms with Crippen LogP contribution in [-0.2, 0) is 4.74 Å². The molecule has 0 spiro atoms. The minimum atomic E-state index is -0.590. The highest BCUT2D eigenvalue weighted by Crippen LogP contribution is 2.51. The zero-order valence-electron chi connectivity index (χ0n) is 24.7. The molecule has 0 radical (unpaired) electrons. The summed E-state index contributed by atoms with van der Waals surface area (Å²) in [5, 5.41) is 19.4. The van der Waals surface area contributed by atoms with Crippen LogP contribution in [0.5, 0.6) is 11.9 Å². The highest BCUT2D eigenvalue weighted by Gasteiger charge is 2.50. The fourth-order valence-corrected chi connectivity index (χ4v) is 8.21. The molecule has 234 valence electrons. The molecule has 1 aromatic carbocycles. The number of hydrogen-bond donors (Lipinski definition) is 2. The van der Waals surface area contributed by atoms with Gasteiger partial charge in [-0.2, -0.15) is 15.1 Å². The molecular formula is C32H33ClFN7O4. The first-order valence-corrected chi connectivity index (χ1v) is 16.0. The third-order valence-electron chi connectivity index (χ3n) is 9.97. The van der Waals surface area contributed by atoms with Crippen LogP contribution in [0.1, 0.15) is 43.6 Å². The summed E-state index contributed by atoms with van der Waals surface area (Å²) in [6.07, 6.45) is 5.25. The topological polar surface area (TPSA) is 122 Å². The maximum atomic E-state index is 17.1. The van der Waals surface area contributed by atoms with Crippen molar-refractivity contribution in [2.75, 3.05) is 51.0 Å². The molecular weight excluding hydrogens is 601 g/mol. The van der Waals surface area contributed by atoms with E-state index in [4.69, 9.17) is 40.8 Å². The summed E-state index contributed by atoms with van der Waals surface area (Å²) in [6, 6.07) is 1.77. The lowest BCUT2D eigenvalue weighted by atomic mass is 9.93. The largest absolute Gasteiger partial charge is 0.475 e. The predicted molar refractivity (Wildman–Crippen MR) is 166 cm³/mol. The Labute approximate surface area is 263 Å². The predicted octanol–water partition coefficient (Wildman–Crippen LogP) is 4.37. The maximum absolute atomic E-state index is 17.1. The van der Waals surface area contributed by atoms with Crippen LogP contribution in [0, 0.1) is 5.82 Å². The van der Waals surface area contributed by atoms with Gasteiger partial charge in [0.05, 0.1) is 36.0 Å². The lowest BCUT2D eigenvalue weighted by Gasteiger charge is -2.31. The molecule has 4 fully saturated rings. The molecule has 2 N–H and O–H groups in total. The number of aromatic amines is 1. The number of pyridine rings is 1. The third kappa shape index (κ3) is 4.40. The van der Waals surface area contributed by atoms with Crippen molar-refractivity contribution in [1.29, 1.82) is 0 Å². The van der Waals surface area contributed by atoms with E-state index >= 15 is 4.39 Å². The summed E-state index contributed by atoms with van der Waals surface area (Å²) in [5.74, 6) is 0.413. The van der Waals surface area contributed by atoms with Crippen molar-refractivity contribution in [2.45, 2.75) is 55.7 Å². The Kier molecular flexibility index (Phi) is 6.29. The van der Waals surface area contributed by atoms with Gasteiger partial charge in [-0.25, -0.2) is 9.37 Å². The van der Waals surface area contributed by atoms with Gasteiger partial charge in [-0.1, -0.05) is 23.8 Å². The van der Waals surface area contributed by atoms with Crippen LogP contribution in [0.15, 0.2) is 24.4 Å². The second-order valence-corrected chi connectivity index (χ2v) is 13.6. The molecule has 4 aliphatic heterocycles. The van der Waals surface area contributed by atoms with E-state index in [1.165, 1.54) is 0 Å². The van der Waals surface area contributed by atoms with Crippen molar-refractivity contribution < 1.29 is 23.7 Å². The minimum absolute atomic E-state index is 0.0699. The van der Waals surface area contributed by atoms with Gasteiger partial charge < -0.3 is 24.2 Å². The first-order valence-electron chi connectivity index (χ1n) is 15.7. The van der Waals surface area contributed by atoms with E-state index in [1.807, 2.05) is 6.07 Å². The number of aliphatic hydroxyl groups is 1. The first kappa shape index (κ1) is 27.7. The lowest BCUT2D eigenvalue weighted by Crippen LogP contribution is -2.43. The molecule has 0 bridgehead atoms. The van der Waals surface area contributed by atoms with Crippen molar-refractivity contribution in [3.05, 3.63) is 40.8 Å². The zero-order chi connectivity index (χ0) is 30.4. The summed E-state index contributed by atoms with van der Waals surface area (Å²) < 4.78 is 35.7. The fourth-order valence-electron chi connectivity index (χ4n) is 7.86. The smallest absolute Gasteiger partial charge is 0.319 e. The molecule has 5 aliphatic rings. The molecule has 11 nitrogen and oxygen atoms in total. The molecule has 7 heterocycles. The first-order chi connectivity index (χ1) is 21.9. The zero-order valence-corrected chi connectivity index (χ0v) is 25.4. The van der Waals surface area contributed by atoms with E-state index in [9.17, 15) is 5.11 Å². The van der Waals surface area contributed by atoms with Gasteiger partial charge in [0, 0.05) is 42.2 Å². The van der Waals surface area contributed by atoms with Crippen LogP contribution in [-0.4, -0.2) is 98.9 Å². The van der Waals surface area contributed by atoms with Crippen LogP contribution in [0.25, 0.3) is 33.1 Å². The maximum Gasteiger partial charge on any atom is 0.319 e. The average Bonchev–Trinajstić information content (AvgIpc) is 3.67. The SMILES string of the molecule is C=C1CN2C[C@H](O)C[C@@]2(COc2nc3c4c(nc(-c5c(C6CC6)c(Cl)cc6[nH]ncc56)c(F)c4n2)OC[C@@H]2COCCCN32)C1. The lowest BCUT2D eigenvalue weighted by molar-refractivity contribution is 0.107. The van der Waals surface area contributed by atoms with Crippen molar-refractivity contribution in [3.8, 4) is 23.1 Å². The molecule has 9 rings (SSSR count). The van der Waals surface area contributed by atoms with Crippen LogP contribution < -0.4 is 14.4 Å². The number of ether oxygens (including phenoxy) is 3. The molecule has 3 saturated heterocycles. The Morgan fingerprint density at radius 3 is 3.00 bits per heavy atom. The average molecular weight is 634 g/mol. The highest BCUT2D eigenvalue weighted by molar-refractivity contribution is 6.33. The Hall–Kier alpha value is -3.58. The van der Waals surface area contributed by atoms with E-state index in [1.54, 1.807) is 6.20 Å². The van der Waals surface area contributed by atoms with Gasteiger partial charge in [-0.15, -0.1) is 0 Å². The molecule has 3 atom stereocenters. The number of hydrogen-bond acceptors (Lipinski definition) is 10. The van der Waals surface area contributed by atoms with E-state index in [-0.39, 0.29) is 41.7 Å². The number of fused-ring (bicyclic) bond motifs is 4. The molecule has 3 aromatic heterocycles. The van der Waals surface area contributed by atoms with Crippen LogP contribution in [0.3, 0.4) is 0 Å². The van der Waals surface area contributed by atoms with Crippen molar-refractivity contribution >= 4 is 39.2 Å². The molecule has 0 unspecified atom stereocenters. The molecule has 45 heavy (non-hydrogen) atoms. The van der Waals surface area contributed by atoms with Gasteiger partial charge in [-0.3, -0.25) is 10.00 Å². The third-order valence-corrected chi connectivity index (χ3v) is 10.3. The van der Waals surface area contributed by atoms with E-state index in [2.05, 4.69) is 26.6 Å². The number of rotatable bonds is 5.